The zero-order valence-corrected chi connectivity index (χ0v) is 12.9. The molecule has 0 saturated carbocycles. The molecule has 0 saturated heterocycles. The van der Waals surface area contributed by atoms with E-state index in [0.29, 0.717) is 11.3 Å². The number of aliphatic hydroxyl groups excluding tert-OH is 2. The Hall–Kier alpha value is -2.04. The highest BCUT2D eigenvalue weighted by molar-refractivity contribution is 6.11. The molecule has 0 fully saturated rings. The molecule has 0 unspecified atom stereocenters. The molecular weight excluding hydrogens is 278 g/mol. The van der Waals surface area contributed by atoms with Gasteiger partial charge in [0.1, 0.15) is 23.6 Å². The number of hydrogen-bond donors (Lipinski definition) is 2. The van der Waals surface area contributed by atoms with Gasteiger partial charge in [-0.05, 0) is 26.0 Å². The van der Waals surface area contributed by atoms with E-state index in [9.17, 15) is 10.2 Å². The number of ether oxygens (including phenoxy) is 1. The molecule has 0 spiro atoms. The van der Waals surface area contributed by atoms with E-state index in [1.54, 1.807) is 13.8 Å². The van der Waals surface area contributed by atoms with Gasteiger partial charge in [0.15, 0.2) is 0 Å². The molecule has 0 bridgehead atoms. The summed E-state index contributed by atoms with van der Waals surface area (Å²) in [5.41, 5.74) is 1.99. The quantitative estimate of drug-likeness (QED) is 0.671. The van der Waals surface area contributed by atoms with Crippen LogP contribution >= 0.6 is 0 Å². The van der Waals surface area contributed by atoms with E-state index in [4.69, 9.17) is 4.74 Å². The maximum absolute atomic E-state index is 10.5. The Morgan fingerprint density at radius 2 is 1.77 bits per heavy atom. The van der Waals surface area contributed by atoms with Gasteiger partial charge in [0, 0.05) is 28.9 Å². The molecule has 3 aromatic rings. The minimum absolute atomic E-state index is 0.649. The molecule has 4 rings (SSSR count). The predicted molar refractivity (Wildman–Crippen MR) is 86.1 cm³/mol. The molecule has 2 heterocycles. The molecule has 22 heavy (non-hydrogen) atoms. The van der Waals surface area contributed by atoms with E-state index in [-0.39, 0.29) is 0 Å². The maximum atomic E-state index is 10.5. The van der Waals surface area contributed by atoms with E-state index >= 15 is 0 Å². The molecule has 2 atom stereocenters. The van der Waals surface area contributed by atoms with E-state index in [0.717, 1.165) is 21.8 Å². The summed E-state index contributed by atoms with van der Waals surface area (Å²) < 4.78 is 8.24. The molecule has 1 aromatic heterocycles. The highest BCUT2D eigenvalue weighted by atomic mass is 16.5. The van der Waals surface area contributed by atoms with Gasteiger partial charge in [0.25, 0.3) is 0 Å². The second-order valence-corrected chi connectivity index (χ2v) is 6.55. The molecule has 0 radical (unpaired) electrons. The number of nitrogens with zero attached hydrogens (tertiary/aromatic N) is 1. The van der Waals surface area contributed by atoms with Crippen molar-refractivity contribution in [3.8, 4) is 5.75 Å². The Kier molecular flexibility index (Phi) is 2.63. The number of aryl methyl sites for hydroxylation is 1. The van der Waals surface area contributed by atoms with Crippen LogP contribution in [0.15, 0.2) is 36.4 Å². The first-order valence-electron chi connectivity index (χ1n) is 7.47. The monoisotopic (exact) mass is 297 g/mol. The number of hydrogen-bond acceptors (Lipinski definition) is 3. The SMILES string of the molecule is Cn1c2ccccc2c2c3c(ccc21)[C@H](O)[C@H](O)C(C)(C)O3. The molecule has 0 aliphatic carbocycles. The summed E-state index contributed by atoms with van der Waals surface area (Å²) in [5, 5.41) is 22.8. The van der Waals surface area contributed by atoms with Gasteiger partial charge >= 0.3 is 0 Å². The first-order valence-corrected chi connectivity index (χ1v) is 7.47. The topological polar surface area (TPSA) is 54.6 Å². The second kappa shape index (κ2) is 4.24. The summed E-state index contributed by atoms with van der Waals surface area (Å²) >= 11 is 0. The maximum Gasteiger partial charge on any atom is 0.136 e. The molecule has 4 nitrogen and oxygen atoms in total. The number of benzene rings is 2. The number of aliphatic hydroxyl groups is 2. The van der Waals surface area contributed by atoms with Crippen LogP contribution in [0.25, 0.3) is 21.8 Å². The van der Waals surface area contributed by atoms with Crippen molar-refractivity contribution in [3.05, 3.63) is 42.0 Å². The second-order valence-electron chi connectivity index (χ2n) is 6.55. The van der Waals surface area contributed by atoms with Crippen molar-refractivity contribution in [1.29, 1.82) is 0 Å². The predicted octanol–water partition coefficient (Wildman–Crippen LogP) is 2.90. The van der Waals surface area contributed by atoms with Crippen molar-refractivity contribution in [2.24, 2.45) is 7.05 Å². The minimum atomic E-state index is -0.951. The van der Waals surface area contributed by atoms with Crippen LogP contribution in [0, 0.1) is 0 Å². The van der Waals surface area contributed by atoms with Gasteiger partial charge in [-0.15, -0.1) is 0 Å². The van der Waals surface area contributed by atoms with Crippen LogP contribution in [0.5, 0.6) is 5.75 Å². The van der Waals surface area contributed by atoms with Gasteiger partial charge in [-0.3, -0.25) is 0 Å². The molecule has 2 N–H and O–H groups in total. The number of fused-ring (bicyclic) bond motifs is 5. The normalized spacial score (nSPS) is 23.5. The van der Waals surface area contributed by atoms with E-state index in [1.807, 2.05) is 31.3 Å². The number of aromatic nitrogens is 1. The molecular formula is C18H19NO3. The fourth-order valence-corrected chi connectivity index (χ4v) is 3.45. The van der Waals surface area contributed by atoms with Crippen molar-refractivity contribution in [1.82, 2.24) is 4.57 Å². The van der Waals surface area contributed by atoms with Gasteiger partial charge in [0.2, 0.25) is 0 Å². The molecule has 114 valence electrons. The summed E-state index contributed by atoms with van der Waals surface area (Å²) in [7, 11) is 2.02. The largest absolute Gasteiger partial charge is 0.484 e. The van der Waals surface area contributed by atoms with Crippen molar-refractivity contribution >= 4 is 21.8 Å². The van der Waals surface area contributed by atoms with Crippen molar-refractivity contribution in [2.75, 3.05) is 0 Å². The van der Waals surface area contributed by atoms with E-state index < -0.39 is 17.8 Å². The van der Waals surface area contributed by atoms with Gasteiger partial charge in [-0.2, -0.15) is 0 Å². The molecule has 0 amide bonds. The summed E-state index contributed by atoms with van der Waals surface area (Å²) in [5.74, 6) is 0.678. The van der Waals surface area contributed by atoms with Crippen LogP contribution in [0.3, 0.4) is 0 Å². The van der Waals surface area contributed by atoms with Gasteiger partial charge in [-0.1, -0.05) is 24.3 Å². The Balaban J connectivity index is 2.15. The van der Waals surface area contributed by atoms with Crippen LogP contribution in [-0.2, 0) is 7.05 Å². The van der Waals surface area contributed by atoms with Crippen molar-refractivity contribution in [2.45, 2.75) is 31.7 Å². The van der Waals surface area contributed by atoms with Crippen LogP contribution in [-0.4, -0.2) is 26.5 Å². The van der Waals surface area contributed by atoms with Gasteiger partial charge in [-0.25, -0.2) is 0 Å². The first-order chi connectivity index (χ1) is 10.4. The van der Waals surface area contributed by atoms with Crippen LogP contribution in [0.1, 0.15) is 25.5 Å². The van der Waals surface area contributed by atoms with Crippen LogP contribution < -0.4 is 4.74 Å². The average Bonchev–Trinajstić information content (AvgIpc) is 2.79. The van der Waals surface area contributed by atoms with Crippen LogP contribution in [0.2, 0.25) is 0 Å². The van der Waals surface area contributed by atoms with E-state index in [1.165, 1.54) is 0 Å². The third-order valence-corrected chi connectivity index (χ3v) is 4.76. The Labute approximate surface area is 128 Å². The van der Waals surface area contributed by atoms with Crippen molar-refractivity contribution in [3.63, 3.8) is 0 Å². The molecule has 2 aromatic carbocycles. The summed E-state index contributed by atoms with van der Waals surface area (Å²) in [4.78, 5) is 0. The fourth-order valence-electron chi connectivity index (χ4n) is 3.45. The third-order valence-electron chi connectivity index (χ3n) is 4.76. The summed E-state index contributed by atoms with van der Waals surface area (Å²) in [6.07, 6.45) is -1.89. The lowest BCUT2D eigenvalue weighted by atomic mass is 9.87. The summed E-state index contributed by atoms with van der Waals surface area (Å²) in [6, 6.07) is 12.0. The number of rotatable bonds is 0. The smallest absolute Gasteiger partial charge is 0.136 e. The first kappa shape index (κ1) is 13.6. The lowest BCUT2D eigenvalue weighted by Gasteiger charge is -2.40. The third kappa shape index (κ3) is 1.59. The lowest BCUT2D eigenvalue weighted by Crippen LogP contribution is -2.48. The lowest BCUT2D eigenvalue weighted by molar-refractivity contribution is -0.110. The average molecular weight is 297 g/mol. The Morgan fingerprint density at radius 1 is 1.05 bits per heavy atom. The van der Waals surface area contributed by atoms with Gasteiger partial charge < -0.3 is 19.5 Å². The minimum Gasteiger partial charge on any atom is -0.484 e. The van der Waals surface area contributed by atoms with E-state index in [2.05, 4.69) is 16.7 Å². The van der Waals surface area contributed by atoms with Gasteiger partial charge in [0.05, 0.1) is 5.52 Å². The van der Waals surface area contributed by atoms with Crippen LogP contribution in [0.4, 0.5) is 0 Å². The van der Waals surface area contributed by atoms with Crippen molar-refractivity contribution < 1.29 is 14.9 Å². The molecule has 1 aliphatic rings. The molecule has 4 heteroatoms. The zero-order valence-electron chi connectivity index (χ0n) is 12.9. The fraction of sp³-hybridized carbons (Fsp3) is 0.333. The zero-order chi connectivity index (χ0) is 15.6. The Bertz CT molecular complexity index is 894. The number of para-hydroxylation sites is 1. The standard InChI is InChI=1S/C18H19NO3/c1-18(2)17(21)15(20)11-8-9-13-14(16(11)22-18)10-6-4-5-7-12(10)19(13)3/h4-9,15,17,20-21H,1-3H3/t15-,17-/m0/s1. The Morgan fingerprint density at radius 3 is 2.55 bits per heavy atom. The highest BCUT2D eigenvalue weighted by Gasteiger charge is 2.43. The summed E-state index contributed by atoms with van der Waals surface area (Å²) in [6.45, 7) is 3.60. The molecule has 1 aliphatic heterocycles. The highest BCUT2D eigenvalue weighted by Crippen LogP contribution is 2.46.